The molecule has 0 N–H and O–H groups in total. The van der Waals surface area contributed by atoms with Gasteiger partial charge < -0.3 is 4.52 Å². The quantitative estimate of drug-likeness (QED) is 0.663. The molecule has 21 heavy (non-hydrogen) atoms. The molecule has 0 radical (unpaired) electrons. The van der Waals surface area contributed by atoms with Crippen molar-refractivity contribution < 1.29 is 4.52 Å². The Bertz CT molecular complexity index is 719. The van der Waals surface area contributed by atoms with Gasteiger partial charge in [-0.1, -0.05) is 56.1 Å². The molecule has 3 aromatic rings. The van der Waals surface area contributed by atoms with E-state index in [1.165, 1.54) is 5.56 Å². The summed E-state index contributed by atoms with van der Waals surface area (Å²) in [7, 11) is 0. The third kappa shape index (κ3) is 3.36. The SMILES string of the molecule is Cc1ccc(-c2noc(Cn3cc(CCBr)nn3)n2)cc1. The monoisotopic (exact) mass is 347 g/mol. The van der Waals surface area contributed by atoms with Gasteiger partial charge in [-0.25, -0.2) is 4.68 Å². The van der Waals surface area contributed by atoms with Crippen molar-refractivity contribution in [2.75, 3.05) is 5.33 Å². The van der Waals surface area contributed by atoms with Crippen LogP contribution in [0.1, 0.15) is 17.1 Å². The summed E-state index contributed by atoms with van der Waals surface area (Å²) < 4.78 is 6.96. The van der Waals surface area contributed by atoms with E-state index < -0.39 is 0 Å². The number of hydrogen-bond acceptors (Lipinski definition) is 5. The predicted octanol–water partition coefficient (Wildman–Crippen LogP) is 2.62. The van der Waals surface area contributed by atoms with Crippen LogP contribution in [0, 0.1) is 6.92 Å². The van der Waals surface area contributed by atoms with Crippen LogP contribution in [-0.2, 0) is 13.0 Å². The van der Waals surface area contributed by atoms with Crippen molar-refractivity contribution in [1.29, 1.82) is 0 Å². The molecule has 0 saturated carbocycles. The number of halogens is 1. The molecule has 0 saturated heterocycles. The maximum Gasteiger partial charge on any atom is 0.248 e. The molecule has 108 valence electrons. The molecule has 0 amide bonds. The highest BCUT2D eigenvalue weighted by Crippen LogP contribution is 2.16. The first-order valence-corrected chi connectivity index (χ1v) is 7.71. The molecular formula is C14H14BrN5O. The summed E-state index contributed by atoms with van der Waals surface area (Å²) in [5.74, 6) is 1.10. The predicted molar refractivity (Wildman–Crippen MR) is 81.1 cm³/mol. The molecular weight excluding hydrogens is 334 g/mol. The number of benzene rings is 1. The molecule has 0 aliphatic carbocycles. The minimum Gasteiger partial charge on any atom is -0.337 e. The molecule has 0 fully saturated rings. The fourth-order valence-electron chi connectivity index (χ4n) is 1.90. The summed E-state index contributed by atoms with van der Waals surface area (Å²) in [6.07, 6.45) is 2.73. The number of hydrogen-bond donors (Lipinski definition) is 0. The third-order valence-electron chi connectivity index (χ3n) is 3.01. The zero-order chi connectivity index (χ0) is 14.7. The van der Waals surface area contributed by atoms with Crippen LogP contribution in [0.25, 0.3) is 11.4 Å². The van der Waals surface area contributed by atoms with Gasteiger partial charge in [0.2, 0.25) is 11.7 Å². The van der Waals surface area contributed by atoms with Crippen LogP contribution in [0.15, 0.2) is 35.0 Å². The second-order valence-corrected chi connectivity index (χ2v) is 5.52. The molecule has 7 heteroatoms. The molecule has 2 heterocycles. The summed E-state index contributed by atoms with van der Waals surface area (Å²) in [6, 6.07) is 8.01. The highest BCUT2D eigenvalue weighted by molar-refractivity contribution is 9.09. The van der Waals surface area contributed by atoms with Gasteiger partial charge in [0.05, 0.1) is 5.69 Å². The van der Waals surface area contributed by atoms with Crippen LogP contribution in [-0.4, -0.2) is 30.5 Å². The minimum absolute atomic E-state index is 0.425. The van der Waals surface area contributed by atoms with Gasteiger partial charge in [-0.05, 0) is 6.92 Å². The van der Waals surface area contributed by atoms with E-state index in [1.54, 1.807) is 4.68 Å². The Kier molecular flexibility index (Phi) is 4.10. The summed E-state index contributed by atoms with van der Waals surface area (Å²) in [6.45, 7) is 2.47. The molecule has 0 atom stereocenters. The van der Waals surface area contributed by atoms with Crippen molar-refractivity contribution in [2.45, 2.75) is 19.9 Å². The molecule has 0 unspecified atom stereocenters. The average molecular weight is 348 g/mol. The van der Waals surface area contributed by atoms with E-state index in [0.717, 1.165) is 23.0 Å². The van der Waals surface area contributed by atoms with Crippen LogP contribution in [0.3, 0.4) is 0 Å². The van der Waals surface area contributed by atoms with Crippen LogP contribution >= 0.6 is 15.9 Å². The first-order valence-electron chi connectivity index (χ1n) is 6.59. The van der Waals surface area contributed by atoms with Crippen molar-refractivity contribution >= 4 is 15.9 Å². The maximum absolute atomic E-state index is 5.26. The van der Waals surface area contributed by atoms with E-state index >= 15 is 0 Å². The summed E-state index contributed by atoms with van der Waals surface area (Å²) in [5.41, 5.74) is 3.07. The lowest BCUT2D eigenvalue weighted by Gasteiger charge is -1.94. The largest absolute Gasteiger partial charge is 0.337 e. The van der Waals surface area contributed by atoms with Gasteiger partial charge in [-0.2, -0.15) is 4.98 Å². The van der Waals surface area contributed by atoms with Crippen molar-refractivity contribution in [3.05, 3.63) is 47.6 Å². The van der Waals surface area contributed by atoms with Gasteiger partial charge in [0, 0.05) is 23.5 Å². The minimum atomic E-state index is 0.425. The third-order valence-corrected chi connectivity index (χ3v) is 3.41. The zero-order valence-corrected chi connectivity index (χ0v) is 13.1. The van der Waals surface area contributed by atoms with Crippen molar-refractivity contribution in [3.8, 4) is 11.4 Å². The molecule has 6 nitrogen and oxygen atoms in total. The Morgan fingerprint density at radius 1 is 1.24 bits per heavy atom. The van der Waals surface area contributed by atoms with E-state index in [9.17, 15) is 0 Å². The van der Waals surface area contributed by atoms with E-state index in [-0.39, 0.29) is 0 Å². The van der Waals surface area contributed by atoms with Crippen LogP contribution in [0.2, 0.25) is 0 Å². The lowest BCUT2D eigenvalue weighted by atomic mass is 10.1. The second kappa shape index (κ2) is 6.17. The standard InChI is InChI=1S/C14H14BrN5O/c1-10-2-4-11(5-3-10)14-16-13(21-18-14)9-20-8-12(6-7-15)17-19-20/h2-5,8H,6-7,9H2,1H3. The Labute approximate surface area is 130 Å². The number of rotatable bonds is 5. The topological polar surface area (TPSA) is 69.6 Å². The lowest BCUT2D eigenvalue weighted by Crippen LogP contribution is -2.00. The van der Waals surface area contributed by atoms with Gasteiger partial charge in [0.25, 0.3) is 0 Å². The Balaban J connectivity index is 1.73. The maximum atomic E-state index is 5.26. The lowest BCUT2D eigenvalue weighted by molar-refractivity contribution is 0.364. The Morgan fingerprint density at radius 2 is 2.05 bits per heavy atom. The fraction of sp³-hybridized carbons (Fsp3) is 0.286. The number of aromatic nitrogens is 5. The Morgan fingerprint density at radius 3 is 2.81 bits per heavy atom. The van der Waals surface area contributed by atoms with Gasteiger partial charge in [-0.15, -0.1) is 5.10 Å². The van der Waals surface area contributed by atoms with Gasteiger partial charge >= 0.3 is 0 Å². The number of alkyl halides is 1. The molecule has 0 aliphatic rings. The van der Waals surface area contributed by atoms with E-state index in [2.05, 4.69) is 36.4 Å². The van der Waals surface area contributed by atoms with E-state index in [1.807, 2.05) is 37.4 Å². The Hall–Kier alpha value is -2.02. The number of nitrogens with zero attached hydrogens (tertiary/aromatic N) is 5. The molecule has 0 spiro atoms. The normalized spacial score (nSPS) is 11.0. The summed E-state index contributed by atoms with van der Waals surface area (Å²) >= 11 is 3.38. The van der Waals surface area contributed by atoms with Crippen molar-refractivity contribution in [2.24, 2.45) is 0 Å². The smallest absolute Gasteiger partial charge is 0.248 e. The van der Waals surface area contributed by atoms with Crippen LogP contribution in [0.5, 0.6) is 0 Å². The molecule has 2 aromatic heterocycles. The molecule has 0 bridgehead atoms. The van der Waals surface area contributed by atoms with Gasteiger partial charge in [-0.3, -0.25) is 0 Å². The zero-order valence-electron chi connectivity index (χ0n) is 11.5. The molecule has 3 rings (SSSR count). The van der Waals surface area contributed by atoms with Crippen LogP contribution in [0.4, 0.5) is 0 Å². The summed E-state index contributed by atoms with van der Waals surface area (Å²) in [4.78, 5) is 4.39. The highest BCUT2D eigenvalue weighted by atomic mass is 79.9. The molecule has 1 aromatic carbocycles. The average Bonchev–Trinajstić information content (AvgIpc) is 3.11. The highest BCUT2D eigenvalue weighted by Gasteiger charge is 2.10. The van der Waals surface area contributed by atoms with Gasteiger partial charge in [0.1, 0.15) is 6.54 Å². The number of aryl methyl sites for hydroxylation is 2. The molecule has 0 aliphatic heterocycles. The summed E-state index contributed by atoms with van der Waals surface area (Å²) in [5, 5.41) is 13.0. The first kappa shape index (κ1) is 13.9. The first-order chi connectivity index (χ1) is 10.2. The fourth-order valence-corrected chi connectivity index (χ4v) is 2.31. The van der Waals surface area contributed by atoms with Crippen molar-refractivity contribution in [3.63, 3.8) is 0 Å². The van der Waals surface area contributed by atoms with E-state index in [0.29, 0.717) is 18.3 Å². The van der Waals surface area contributed by atoms with E-state index in [4.69, 9.17) is 4.52 Å². The van der Waals surface area contributed by atoms with Gasteiger partial charge in [0.15, 0.2) is 0 Å². The van der Waals surface area contributed by atoms with Crippen LogP contribution < -0.4 is 0 Å². The van der Waals surface area contributed by atoms with Crippen molar-refractivity contribution in [1.82, 2.24) is 25.1 Å². The second-order valence-electron chi connectivity index (χ2n) is 4.72.